The number of anilines is 1. The summed E-state index contributed by atoms with van der Waals surface area (Å²) in [5.74, 6) is 0.159. The Morgan fingerprint density at radius 1 is 1.00 bits per heavy atom. The summed E-state index contributed by atoms with van der Waals surface area (Å²) in [4.78, 5) is 0. The third kappa shape index (κ3) is 6.44. The maximum Gasteiger partial charge on any atom is 0.132 e. The van der Waals surface area contributed by atoms with Crippen molar-refractivity contribution in [1.82, 2.24) is 0 Å². The number of unbranched alkanes of at least 4 members (excludes halogenated alkanes) is 1. The Bertz CT molecular complexity index is 1170. The van der Waals surface area contributed by atoms with Crippen molar-refractivity contribution in [1.29, 1.82) is 0 Å². The summed E-state index contributed by atoms with van der Waals surface area (Å²) in [6, 6.07) is 17.3. The van der Waals surface area contributed by atoms with Crippen molar-refractivity contribution < 1.29 is 23.0 Å². The molecule has 0 bridgehead atoms. The summed E-state index contributed by atoms with van der Waals surface area (Å²) in [5.41, 5.74) is 2.53. The Morgan fingerprint density at radius 2 is 1.78 bits per heavy atom. The van der Waals surface area contributed by atoms with E-state index in [1.54, 1.807) is 24.3 Å². The van der Waals surface area contributed by atoms with Gasteiger partial charge in [0.1, 0.15) is 35.2 Å². The molecule has 0 aromatic heterocycles. The zero-order valence-electron chi connectivity index (χ0n) is 20.8. The van der Waals surface area contributed by atoms with Crippen molar-refractivity contribution in [2.75, 3.05) is 11.9 Å². The number of benzene rings is 3. The Hall–Kier alpha value is -2.48. The molecule has 4 nitrogen and oxygen atoms in total. The summed E-state index contributed by atoms with van der Waals surface area (Å²) in [6.45, 7) is 7.28. The van der Waals surface area contributed by atoms with Crippen LogP contribution < -0.4 is 10.1 Å². The van der Waals surface area contributed by atoms with Crippen LogP contribution in [0, 0.1) is 11.6 Å². The van der Waals surface area contributed by atoms with Gasteiger partial charge in [-0.3, -0.25) is 0 Å². The van der Waals surface area contributed by atoms with Crippen LogP contribution in [-0.2, 0) is 22.6 Å². The molecule has 0 saturated carbocycles. The number of nitrogens with one attached hydrogen (secondary N) is 1. The lowest BCUT2D eigenvalue weighted by molar-refractivity contribution is -0.167. The highest BCUT2D eigenvalue weighted by Gasteiger charge is 2.45. The average Bonchev–Trinajstić information content (AvgIpc) is 2.84. The highest BCUT2D eigenvalue weighted by molar-refractivity contribution is 9.10. The zero-order chi connectivity index (χ0) is 25.7. The van der Waals surface area contributed by atoms with Gasteiger partial charge < -0.3 is 19.5 Å². The molecule has 7 heteroatoms. The van der Waals surface area contributed by atoms with Gasteiger partial charge >= 0.3 is 0 Å². The van der Waals surface area contributed by atoms with Crippen LogP contribution in [0.4, 0.5) is 14.5 Å². The molecule has 0 fully saturated rings. The number of fused-ring (bicyclic) bond motifs is 1. The maximum absolute atomic E-state index is 14.5. The second kappa shape index (κ2) is 11.7. The normalized spacial score (nSPS) is 18.4. The van der Waals surface area contributed by atoms with E-state index in [1.807, 2.05) is 32.0 Å². The summed E-state index contributed by atoms with van der Waals surface area (Å²) >= 11 is 3.30. The fourth-order valence-electron chi connectivity index (χ4n) is 4.29. The quantitative estimate of drug-likeness (QED) is 0.256. The minimum Gasteiger partial charge on any atom is -0.485 e. The predicted molar refractivity (Wildman–Crippen MR) is 141 cm³/mol. The van der Waals surface area contributed by atoms with Crippen molar-refractivity contribution in [3.63, 3.8) is 0 Å². The molecule has 2 atom stereocenters. The van der Waals surface area contributed by atoms with Gasteiger partial charge in [-0.25, -0.2) is 8.78 Å². The minimum absolute atomic E-state index is 0.0993. The van der Waals surface area contributed by atoms with Gasteiger partial charge in [-0.05, 0) is 68.3 Å². The third-order valence-corrected chi connectivity index (χ3v) is 6.78. The van der Waals surface area contributed by atoms with Crippen molar-refractivity contribution in [2.45, 2.75) is 64.6 Å². The van der Waals surface area contributed by atoms with Gasteiger partial charge in [-0.2, -0.15) is 0 Å². The van der Waals surface area contributed by atoms with E-state index < -0.39 is 11.7 Å². The molecule has 3 aromatic carbocycles. The molecule has 4 rings (SSSR count). The van der Waals surface area contributed by atoms with E-state index >= 15 is 0 Å². The molecule has 1 N–H and O–H groups in total. The van der Waals surface area contributed by atoms with Crippen LogP contribution in [0.5, 0.6) is 5.75 Å². The first-order chi connectivity index (χ1) is 17.3. The Labute approximate surface area is 220 Å². The van der Waals surface area contributed by atoms with Crippen molar-refractivity contribution >= 4 is 21.6 Å². The lowest BCUT2D eigenvalue weighted by Crippen LogP contribution is -2.51. The molecule has 0 saturated heterocycles. The summed E-state index contributed by atoms with van der Waals surface area (Å²) in [7, 11) is 0. The van der Waals surface area contributed by atoms with Crippen LogP contribution >= 0.6 is 15.9 Å². The van der Waals surface area contributed by atoms with Gasteiger partial charge in [0.2, 0.25) is 0 Å². The molecule has 192 valence electrons. The van der Waals surface area contributed by atoms with E-state index in [-0.39, 0.29) is 24.3 Å². The van der Waals surface area contributed by atoms with Gasteiger partial charge in [0.05, 0.1) is 6.61 Å². The van der Waals surface area contributed by atoms with Crippen LogP contribution in [0.15, 0.2) is 65.1 Å². The highest BCUT2D eigenvalue weighted by atomic mass is 79.9. The number of hydrogen-bond donors (Lipinski definition) is 1. The number of hydrogen-bond acceptors (Lipinski definition) is 4. The lowest BCUT2D eigenvalue weighted by Gasteiger charge is -2.44. The first-order valence-corrected chi connectivity index (χ1v) is 13.0. The molecule has 1 heterocycles. The molecule has 0 aliphatic carbocycles. The van der Waals surface area contributed by atoms with Crippen LogP contribution in [0.2, 0.25) is 0 Å². The van der Waals surface area contributed by atoms with Crippen LogP contribution in [0.25, 0.3) is 0 Å². The third-order valence-electron chi connectivity index (χ3n) is 6.29. The molecule has 3 aromatic rings. The molecule has 2 unspecified atom stereocenters. The van der Waals surface area contributed by atoms with E-state index in [0.29, 0.717) is 23.2 Å². The molecule has 0 spiro atoms. The molecule has 0 radical (unpaired) electrons. The molecular formula is C29H32BrF2NO3. The van der Waals surface area contributed by atoms with Crippen LogP contribution in [0.3, 0.4) is 0 Å². The second-order valence-corrected chi connectivity index (χ2v) is 10.5. The average molecular weight is 560 g/mol. The van der Waals surface area contributed by atoms with E-state index in [0.717, 1.165) is 35.4 Å². The largest absolute Gasteiger partial charge is 0.485 e. The van der Waals surface area contributed by atoms with Gasteiger partial charge in [0.15, 0.2) is 0 Å². The zero-order valence-corrected chi connectivity index (χ0v) is 22.4. The molecule has 36 heavy (non-hydrogen) atoms. The molecular weight excluding hydrogens is 528 g/mol. The Kier molecular flexibility index (Phi) is 8.65. The number of ether oxygens (including phenoxy) is 3. The second-order valence-electron chi connectivity index (χ2n) is 9.55. The molecule has 1 aliphatic rings. The summed E-state index contributed by atoms with van der Waals surface area (Å²) in [6.07, 6.45) is 1.08. The highest BCUT2D eigenvalue weighted by Crippen LogP contribution is 2.44. The van der Waals surface area contributed by atoms with Crippen molar-refractivity contribution in [3.05, 3.63) is 93.5 Å². The number of rotatable bonds is 10. The first-order valence-electron chi connectivity index (χ1n) is 12.2. The van der Waals surface area contributed by atoms with Crippen LogP contribution in [-0.4, -0.2) is 18.3 Å². The maximum atomic E-state index is 14.5. The topological polar surface area (TPSA) is 39.7 Å². The van der Waals surface area contributed by atoms with Gasteiger partial charge in [-0.15, -0.1) is 0 Å². The summed E-state index contributed by atoms with van der Waals surface area (Å²) < 4.78 is 47.5. The first kappa shape index (κ1) is 26.6. The van der Waals surface area contributed by atoms with E-state index in [2.05, 4.69) is 28.2 Å². The summed E-state index contributed by atoms with van der Waals surface area (Å²) in [5, 5.41) is 3.40. The smallest absolute Gasteiger partial charge is 0.132 e. The Balaban J connectivity index is 1.58. The fraction of sp³-hybridized carbons (Fsp3) is 0.379. The van der Waals surface area contributed by atoms with Gasteiger partial charge in [0, 0.05) is 34.4 Å². The molecule has 1 aliphatic heterocycles. The van der Waals surface area contributed by atoms with E-state index in [9.17, 15) is 8.78 Å². The fourth-order valence-corrected chi connectivity index (χ4v) is 4.62. The van der Waals surface area contributed by atoms with Gasteiger partial charge in [-0.1, -0.05) is 47.5 Å². The van der Waals surface area contributed by atoms with Crippen molar-refractivity contribution in [3.8, 4) is 5.75 Å². The SMILES string of the molecule is CCCCOC1c2cc(NCc3ccc(F)cc3)ccc2OC(C)(C)C1OCc1ccc(Br)cc1F. The number of halogens is 3. The lowest BCUT2D eigenvalue weighted by atomic mass is 9.87. The van der Waals surface area contributed by atoms with Gasteiger partial charge in [0.25, 0.3) is 0 Å². The minimum atomic E-state index is -0.696. The standard InChI is InChI=1S/C29H32BrF2NO3/c1-4-5-14-34-27-24-16-23(33-17-19-6-10-22(31)11-7-19)12-13-26(24)36-29(2,3)28(27)35-18-20-8-9-21(30)15-25(20)32/h6-13,15-16,27-28,33H,4-5,14,17-18H2,1-3H3. The monoisotopic (exact) mass is 559 g/mol. The molecule has 0 amide bonds. The van der Waals surface area contributed by atoms with Crippen molar-refractivity contribution in [2.24, 2.45) is 0 Å². The van der Waals surface area contributed by atoms with E-state index in [1.165, 1.54) is 18.2 Å². The van der Waals surface area contributed by atoms with E-state index in [4.69, 9.17) is 14.2 Å². The van der Waals surface area contributed by atoms with Crippen LogP contribution in [0.1, 0.15) is 56.4 Å². The Morgan fingerprint density at radius 3 is 2.50 bits per heavy atom. The predicted octanol–water partition coefficient (Wildman–Crippen LogP) is 7.95.